The van der Waals surface area contributed by atoms with Gasteiger partial charge in [-0.05, 0) is 49.2 Å². The van der Waals surface area contributed by atoms with Gasteiger partial charge in [0, 0.05) is 24.5 Å². The molecule has 19 heavy (non-hydrogen) atoms. The molecule has 3 heteroatoms. The first kappa shape index (κ1) is 13.6. The monoisotopic (exact) mass is 256 g/mol. The highest BCUT2D eigenvalue weighted by Gasteiger charge is 2.11. The van der Waals surface area contributed by atoms with E-state index in [0.717, 1.165) is 5.75 Å². The molecule has 0 bridgehead atoms. The zero-order valence-electron chi connectivity index (χ0n) is 11.6. The lowest BCUT2D eigenvalue weighted by atomic mass is 10.0. The van der Waals surface area contributed by atoms with Crippen molar-refractivity contribution in [3.8, 4) is 5.75 Å². The van der Waals surface area contributed by atoms with E-state index in [1.165, 1.54) is 11.1 Å². The van der Waals surface area contributed by atoms with Gasteiger partial charge in [-0.1, -0.05) is 12.1 Å². The molecule has 2 atom stereocenters. The van der Waals surface area contributed by atoms with E-state index >= 15 is 0 Å². The molecule has 1 N–H and O–H groups in total. The number of rotatable bonds is 5. The summed E-state index contributed by atoms with van der Waals surface area (Å²) < 4.78 is 5.26. The summed E-state index contributed by atoms with van der Waals surface area (Å²) in [4.78, 5) is 4.04. The Hall–Kier alpha value is -1.87. The van der Waals surface area contributed by atoms with Crippen LogP contribution in [0.3, 0.4) is 0 Å². The number of aromatic nitrogens is 1. The van der Waals surface area contributed by atoms with Gasteiger partial charge in [-0.2, -0.15) is 0 Å². The fraction of sp³-hybridized carbons (Fsp3) is 0.312. The standard InChI is InChI=1S/C16H20N2O/c1-12(14-7-9-17-10-8-14)18-13(2)15-5-4-6-16(11-15)19-3/h4-13,18H,1-3H3/t12?,13-/m0/s1. The lowest BCUT2D eigenvalue weighted by molar-refractivity contribution is 0.412. The number of methoxy groups -OCH3 is 1. The van der Waals surface area contributed by atoms with Crippen LogP contribution in [0.25, 0.3) is 0 Å². The van der Waals surface area contributed by atoms with E-state index in [0.29, 0.717) is 0 Å². The van der Waals surface area contributed by atoms with Crippen molar-refractivity contribution in [1.29, 1.82) is 0 Å². The average molecular weight is 256 g/mol. The van der Waals surface area contributed by atoms with E-state index in [9.17, 15) is 0 Å². The quantitative estimate of drug-likeness (QED) is 0.889. The molecule has 3 nitrogen and oxygen atoms in total. The minimum absolute atomic E-state index is 0.262. The molecule has 0 saturated carbocycles. The van der Waals surface area contributed by atoms with E-state index < -0.39 is 0 Å². The van der Waals surface area contributed by atoms with Crippen LogP contribution < -0.4 is 10.1 Å². The van der Waals surface area contributed by atoms with E-state index in [4.69, 9.17) is 4.74 Å². The molecule has 1 aromatic carbocycles. The normalized spacial score (nSPS) is 13.8. The molecule has 0 aliphatic rings. The zero-order chi connectivity index (χ0) is 13.7. The summed E-state index contributed by atoms with van der Waals surface area (Å²) in [5.74, 6) is 0.891. The van der Waals surface area contributed by atoms with Gasteiger partial charge < -0.3 is 10.1 Å². The molecule has 0 saturated heterocycles. The Morgan fingerprint density at radius 3 is 2.37 bits per heavy atom. The smallest absolute Gasteiger partial charge is 0.119 e. The van der Waals surface area contributed by atoms with E-state index in [-0.39, 0.29) is 12.1 Å². The van der Waals surface area contributed by atoms with Gasteiger partial charge in [0.05, 0.1) is 7.11 Å². The Bertz CT molecular complexity index is 513. The summed E-state index contributed by atoms with van der Waals surface area (Å²) >= 11 is 0. The van der Waals surface area contributed by atoms with Gasteiger partial charge in [0.1, 0.15) is 5.75 Å². The van der Waals surface area contributed by atoms with E-state index in [2.05, 4.69) is 36.3 Å². The Balaban J connectivity index is 2.06. The lowest BCUT2D eigenvalue weighted by Crippen LogP contribution is -2.22. The number of nitrogens with one attached hydrogen (secondary N) is 1. The van der Waals surface area contributed by atoms with Gasteiger partial charge in [0.15, 0.2) is 0 Å². The Labute approximate surface area is 114 Å². The van der Waals surface area contributed by atoms with Crippen molar-refractivity contribution < 1.29 is 4.74 Å². The molecule has 0 fully saturated rings. The summed E-state index contributed by atoms with van der Waals surface area (Å²) in [6.45, 7) is 4.32. The SMILES string of the molecule is COc1cccc([C@H](C)NC(C)c2ccncc2)c1. The van der Waals surface area contributed by atoms with Crippen molar-refractivity contribution in [3.05, 3.63) is 59.9 Å². The fourth-order valence-electron chi connectivity index (χ4n) is 2.13. The molecule has 0 spiro atoms. The predicted molar refractivity (Wildman–Crippen MR) is 77.2 cm³/mol. The minimum Gasteiger partial charge on any atom is -0.497 e. The Kier molecular flexibility index (Phi) is 4.53. The Morgan fingerprint density at radius 1 is 1.00 bits per heavy atom. The van der Waals surface area contributed by atoms with Crippen LogP contribution in [0.1, 0.15) is 37.1 Å². The number of hydrogen-bond donors (Lipinski definition) is 1. The molecule has 0 aliphatic carbocycles. The van der Waals surface area contributed by atoms with Gasteiger partial charge in [0.25, 0.3) is 0 Å². The van der Waals surface area contributed by atoms with Gasteiger partial charge in [-0.3, -0.25) is 4.98 Å². The average Bonchev–Trinajstić information content (AvgIpc) is 2.48. The van der Waals surface area contributed by atoms with Crippen LogP contribution >= 0.6 is 0 Å². The Morgan fingerprint density at radius 2 is 1.68 bits per heavy atom. The third kappa shape index (κ3) is 3.55. The number of nitrogens with zero attached hydrogens (tertiary/aromatic N) is 1. The number of benzene rings is 1. The molecule has 1 aromatic heterocycles. The molecule has 1 unspecified atom stereocenters. The van der Waals surface area contributed by atoms with Crippen LogP contribution in [0.4, 0.5) is 0 Å². The maximum Gasteiger partial charge on any atom is 0.119 e. The molecule has 0 radical (unpaired) electrons. The second kappa shape index (κ2) is 6.34. The topological polar surface area (TPSA) is 34.1 Å². The summed E-state index contributed by atoms with van der Waals surface area (Å²) in [7, 11) is 1.69. The molecular weight excluding hydrogens is 236 g/mol. The molecular formula is C16H20N2O. The van der Waals surface area contributed by atoms with Gasteiger partial charge in [0.2, 0.25) is 0 Å². The van der Waals surface area contributed by atoms with Crippen LogP contribution in [0.5, 0.6) is 5.75 Å². The van der Waals surface area contributed by atoms with Crippen molar-refractivity contribution in [2.24, 2.45) is 0 Å². The lowest BCUT2D eigenvalue weighted by Gasteiger charge is -2.21. The summed E-state index contributed by atoms with van der Waals surface area (Å²) in [5, 5.41) is 3.58. The first-order valence-corrected chi connectivity index (χ1v) is 6.50. The molecule has 0 amide bonds. The molecule has 1 heterocycles. The van der Waals surface area contributed by atoms with Crippen LogP contribution in [0.2, 0.25) is 0 Å². The van der Waals surface area contributed by atoms with Crippen molar-refractivity contribution in [1.82, 2.24) is 10.3 Å². The number of hydrogen-bond acceptors (Lipinski definition) is 3. The highest BCUT2D eigenvalue weighted by atomic mass is 16.5. The van der Waals surface area contributed by atoms with Crippen LogP contribution in [-0.4, -0.2) is 12.1 Å². The predicted octanol–water partition coefficient (Wildman–Crippen LogP) is 3.50. The first-order chi connectivity index (χ1) is 9.20. The summed E-state index contributed by atoms with van der Waals surface area (Å²) in [5.41, 5.74) is 2.46. The van der Waals surface area contributed by atoms with Crippen LogP contribution in [0, 0.1) is 0 Å². The fourth-order valence-corrected chi connectivity index (χ4v) is 2.13. The largest absolute Gasteiger partial charge is 0.497 e. The molecule has 0 aliphatic heterocycles. The van der Waals surface area contributed by atoms with Gasteiger partial charge in [-0.25, -0.2) is 0 Å². The van der Waals surface area contributed by atoms with Gasteiger partial charge in [-0.15, -0.1) is 0 Å². The highest BCUT2D eigenvalue weighted by Crippen LogP contribution is 2.22. The third-order valence-electron chi connectivity index (χ3n) is 3.30. The molecule has 2 rings (SSSR count). The second-order valence-corrected chi connectivity index (χ2v) is 4.67. The maximum absolute atomic E-state index is 5.26. The van der Waals surface area contributed by atoms with E-state index in [1.54, 1.807) is 7.11 Å². The van der Waals surface area contributed by atoms with Crippen molar-refractivity contribution in [3.63, 3.8) is 0 Å². The van der Waals surface area contributed by atoms with Gasteiger partial charge >= 0.3 is 0 Å². The summed E-state index contributed by atoms with van der Waals surface area (Å²) in [6.07, 6.45) is 3.65. The zero-order valence-corrected chi connectivity index (χ0v) is 11.6. The minimum atomic E-state index is 0.262. The summed E-state index contributed by atoms with van der Waals surface area (Å²) in [6, 6.07) is 12.8. The number of pyridine rings is 1. The second-order valence-electron chi connectivity index (χ2n) is 4.67. The van der Waals surface area contributed by atoms with Crippen LogP contribution in [0.15, 0.2) is 48.8 Å². The number of ether oxygens (including phenoxy) is 1. The van der Waals surface area contributed by atoms with Crippen molar-refractivity contribution in [2.75, 3.05) is 7.11 Å². The van der Waals surface area contributed by atoms with Crippen molar-refractivity contribution >= 4 is 0 Å². The van der Waals surface area contributed by atoms with Crippen molar-refractivity contribution in [2.45, 2.75) is 25.9 Å². The maximum atomic E-state index is 5.26. The van der Waals surface area contributed by atoms with Crippen LogP contribution in [-0.2, 0) is 0 Å². The van der Waals surface area contributed by atoms with E-state index in [1.807, 2.05) is 36.7 Å². The first-order valence-electron chi connectivity index (χ1n) is 6.50. The highest BCUT2D eigenvalue weighted by molar-refractivity contribution is 5.30. The molecule has 2 aromatic rings. The molecule has 100 valence electrons. The third-order valence-corrected chi connectivity index (χ3v) is 3.30.